The lowest BCUT2D eigenvalue weighted by molar-refractivity contribution is -0.121. The summed E-state index contributed by atoms with van der Waals surface area (Å²) in [5.74, 6) is 0.975. The van der Waals surface area contributed by atoms with Gasteiger partial charge in [-0.25, -0.2) is 0 Å². The largest absolute Gasteiger partial charge is 0.496 e. The molecule has 1 unspecified atom stereocenters. The first-order valence-corrected chi connectivity index (χ1v) is 10.6. The molecule has 0 radical (unpaired) electrons. The van der Waals surface area contributed by atoms with Crippen molar-refractivity contribution in [2.24, 2.45) is 7.05 Å². The van der Waals surface area contributed by atoms with Gasteiger partial charge in [-0.15, -0.1) is 0 Å². The highest BCUT2D eigenvalue weighted by Gasteiger charge is 2.25. The predicted molar refractivity (Wildman–Crippen MR) is 115 cm³/mol. The molecular formula is C23H34N4O2. The van der Waals surface area contributed by atoms with Crippen molar-refractivity contribution in [3.8, 4) is 5.75 Å². The number of likely N-dealkylation sites (tertiary alicyclic amines) is 1. The van der Waals surface area contributed by atoms with Gasteiger partial charge in [0.25, 0.3) is 0 Å². The molecule has 0 aliphatic carbocycles. The number of amides is 1. The molecular weight excluding hydrogens is 364 g/mol. The molecule has 1 aromatic carbocycles. The summed E-state index contributed by atoms with van der Waals surface area (Å²) in [6, 6.07) is 8.30. The van der Waals surface area contributed by atoms with E-state index in [9.17, 15) is 4.79 Å². The molecule has 6 nitrogen and oxygen atoms in total. The minimum atomic E-state index is 0.0876. The third kappa shape index (κ3) is 5.18. The van der Waals surface area contributed by atoms with E-state index < -0.39 is 0 Å². The molecule has 2 aromatic rings. The Balaban J connectivity index is 1.65. The maximum atomic E-state index is 12.6. The van der Waals surface area contributed by atoms with E-state index in [0.29, 0.717) is 13.0 Å². The number of hydrogen-bond donors (Lipinski definition) is 1. The van der Waals surface area contributed by atoms with Crippen LogP contribution in [0.25, 0.3) is 0 Å². The molecule has 1 aromatic heterocycles. The molecule has 29 heavy (non-hydrogen) atoms. The third-order valence-corrected chi connectivity index (χ3v) is 6.08. The first kappa shape index (κ1) is 21.4. The lowest BCUT2D eigenvalue weighted by atomic mass is 10.0. The van der Waals surface area contributed by atoms with E-state index in [1.165, 1.54) is 24.8 Å². The van der Waals surface area contributed by atoms with Crippen molar-refractivity contribution in [2.75, 3.05) is 26.7 Å². The summed E-state index contributed by atoms with van der Waals surface area (Å²) in [6.07, 6.45) is 4.90. The summed E-state index contributed by atoms with van der Waals surface area (Å²) in [5, 5.41) is 7.63. The van der Waals surface area contributed by atoms with Crippen LogP contribution in [0.4, 0.5) is 0 Å². The van der Waals surface area contributed by atoms with Gasteiger partial charge in [0, 0.05) is 31.3 Å². The molecule has 1 N–H and O–H groups in total. The number of piperidine rings is 1. The van der Waals surface area contributed by atoms with Crippen LogP contribution in [0.2, 0.25) is 0 Å². The van der Waals surface area contributed by atoms with Crippen LogP contribution in [0.3, 0.4) is 0 Å². The molecule has 1 aliphatic rings. The number of aryl methyl sites for hydroxylation is 2. The zero-order valence-corrected chi connectivity index (χ0v) is 18.2. The number of nitrogens with zero attached hydrogens (tertiary/aromatic N) is 3. The van der Waals surface area contributed by atoms with E-state index in [2.05, 4.69) is 28.3 Å². The Morgan fingerprint density at radius 3 is 2.59 bits per heavy atom. The Hall–Kier alpha value is -2.34. The zero-order chi connectivity index (χ0) is 20.8. The van der Waals surface area contributed by atoms with Gasteiger partial charge in [0.05, 0.1) is 18.8 Å². The molecule has 1 fully saturated rings. The molecule has 0 saturated carbocycles. The second-order valence-corrected chi connectivity index (χ2v) is 7.93. The Labute approximate surface area is 174 Å². The minimum Gasteiger partial charge on any atom is -0.496 e. The summed E-state index contributed by atoms with van der Waals surface area (Å²) in [7, 11) is 3.66. The number of methoxy groups -OCH3 is 1. The van der Waals surface area contributed by atoms with Crippen LogP contribution in [-0.4, -0.2) is 47.3 Å². The van der Waals surface area contributed by atoms with Crippen LogP contribution in [0, 0.1) is 13.8 Å². The van der Waals surface area contributed by atoms with E-state index in [-0.39, 0.29) is 11.9 Å². The fraction of sp³-hybridized carbons (Fsp3) is 0.565. The summed E-state index contributed by atoms with van der Waals surface area (Å²) < 4.78 is 7.49. The number of hydrogen-bond acceptors (Lipinski definition) is 4. The van der Waals surface area contributed by atoms with E-state index in [1.807, 2.05) is 36.9 Å². The van der Waals surface area contributed by atoms with E-state index in [4.69, 9.17) is 4.74 Å². The number of carbonyl (C=O) groups is 1. The maximum Gasteiger partial charge on any atom is 0.220 e. The number of para-hydroxylation sites is 1. The molecule has 1 saturated heterocycles. The van der Waals surface area contributed by atoms with Crippen LogP contribution in [-0.2, 0) is 18.3 Å². The van der Waals surface area contributed by atoms with Crippen LogP contribution in [0.1, 0.15) is 54.2 Å². The second kappa shape index (κ2) is 9.92. The minimum absolute atomic E-state index is 0.0876. The van der Waals surface area contributed by atoms with Crippen molar-refractivity contribution < 1.29 is 9.53 Å². The van der Waals surface area contributed by atoms with Gasteiger partial charge < -0.3 is 10.1 Å². The standard InChI is InChI=1S/C23H34N4O2/c1-17-19(18(2)26(3)25-17)12-13-23(28)24-16-21(27-14-8-5-9-15-27)20-10-6-7-11-22(20)29-4/h6-7,10-11,21H,5,8-9,12-16H2,1-4H3,(H,24,28). The van der Waals surface area contributed by atoms with E-state index >= 15 is 0 Å². The molecule has 2 heterocycles. The first-order chi connectivity index (χ1) is 14.0. The number of aromatic nitrogens is 2. The number of nitrogens with one attached hydrogen (secondary N) is 1. The van der Waals surface area contributed by atoms with Gasteiger partial charge in [0.15, 0.2) is 0 Å². The summed E-state index contributed by atoms with van der Waals surface area (Å²) >= 11 is 0. The highest BCUT2D eigenvalue weighted by atomic mass is 16.5. The van der Waals surface area contributed by atoms with Crippen molar-refractivity contribution in [1.82, 2.24) is 20.0 Å². The Morgan fingerprint density at radius 2 is 1.93 bits per heavy atom. The highest BCUT2D eigenvalue weighted by Crippen LogP contribution is 2.30. The predicted octanol–water partition coefficient (Wildman–Crippen LogP) is 3.32. The van der Waals surface area contributed by atoms with Crippen molar-refractivity contribution in [3.63, 3.8) is 0 Å². The molecule has 1 atom stereocenters. The molecule has 158 valence electrons. The van der Waals surface area contributed by atoms with E-state index in [1.54, 1.807) is 7.11 Å². The normalized spacial score (nSPS) is 15.9. The average molecular weight is 399 g/mol. The lowest BCUT2D eigenvalue weighted by Gasteiger charge is -2.35. The number of benzene rings is 1. The second-order valence-electron chi connectivity index (χ2n) is 7.93. The quantitative estimate of drug-likeness (QED) is 0.741. The van der Waals surface area contributed by atoms with Gasteiger partial charge in [0.1, 0.15) is 5.75 Å². The number of rotatable bonds is 8. The van der Waals surface area contributed by atoms with Crippen LogP contribution < -0.4 is 10.1 Å². The van der Waals surface area contributed by atoms with Gasteiger partial charge in [-0.3, -0.25) is 14.4 Å². The third-order valence-electron chi connectivity index (χ3n) is 6.08. The van der Waals surface area contributed by atoms with Crippen molar-refractivity contribution in [1.29, 1.82) is 0 Å². The average Bonchev–Trinajstić information content (AvgIpc) is 2.98. The van der Waals surface area contributed by atoms with Crippen molar-refractivity contribution >= 4 is 5.91 Å². The number of ether oxygens (including phenoxy) is 1. The van der Waals surface area contributed by atoms with Gasteiger partial charge >= 0.3 is 0 Å². The van der Waals surface area contributed by atoms with Gasteiger partial charge in [0.2, 0.25) is 5.91 Å². The first-order valence-electron chi connectivity index (χ1n) is 10.6. The van der Waals surface area contributed by atoms with Crippen molar-refractivity contribution in [2.45, 2.75) is 52.0 Å². The topological polar surface area (TPSA) is 59.4 Å². The van der Waals surface area contributed by atoms with Gasteiger partial charge in [-0.05, 0) is 57.8 Å². The zero-order valence-electron chi connectivity index (χ0n) is 18.2. The Bertz CT molecular complexity index is 824. The van der Waals surface area contributed by atoms with E-state index in [0.717, 1.165) is 42.2 Å². The molecule has 0 bridgehead atoms. The molecule has 0 spiro atoms. The fourth-order valence-corrected chi connectivity index (χ4v) is 4.32. The SMILES string of the molecule is COc1ccccc1C(CNC(=O)CCc1c(C)nn(C)c1C)N1CCCCC1. The van der Waals surface area contributed by atoms with Crippen LogP contribution >= 0.6 is 0 Å². The molecule has 6 heteroatoms. The number of carbonyl (C=O) groups excluding carboxylic acids is 1. The fourth-order valence-electron chi connectivity index (χ4n) is 4.32. The van der Waals surface area contributed by atoms with Gasteiger partial charge in [-0.2, -0.15) is 5.10 Å². The molecule has 1 amide bonds. The lowest BCUT2D eigenvalue weighted by Crippen LogP contribution is -2.40. The smallest absolute Gasteiger partial charge is 0.220 e. The van der Waals surface area contributed by atoms with Gasteiger partial charge in [-0.1, -0.05) is 24.6 Å². The van der Waals surface area contributed by atoms with Crippen LogP contribution in [0.15, 0.2) is 24.3 Å². The van der Waals surface area contributed by atoms with Crippen molar-refractivity contribution in [3.05, 3.63) is 46.8 Å². The molecule has 3 rings (SSSR count). The summed E-state index contributed by atoms with van der Waals surface area (Å²) in [5.41, 5.74) is 4.48. The Morgan fingerprint density at radius 1 is 1.21 bits per heavy atom. The maximum absolute atomic E-state index is 12.6. The monoisotopic (exact) mass is 398 g/mol. The highest BCUT2D eigenvalue weighted by molar-refractivity contribution is 5.76. The van der Waals surface area contributed by atoms with Crippen LogP contribution in [0.5, 0.6) is 5.75 Å². The summed E-state index contributed by atoms with van der Waals surface area (Å²) in [4.78, 5) is 15.1. The summed E-state index contributed by atoms with van der Waals surface area (Å²) in [6.45, 7) is 6.79. The molecule has 1 aliphatic heterocycles. The Kier molecular flexibility index (Phi) is 7.31.